The molecule has 0 fully saturated rings. The highest BCUT2D eigenvalue weighted by molar-refractivity contribution is 5.96. The lowest BCUT2D eigenvalue weighted by molar-refractivity contribution is 0.0768. The molecule has 198 valence electrons. The normalized spacial score (nSPS) is 9.97. The number of ether oxygens (including phenoxy) is 1. The van der Waals surface area contributed by atoms with Gasteiger partial charge in [0, 0.05) is 57.5 Å². The predicted molar refractivity (Wildman–Crippen MR) is 153 cm³/mol. The number of pyridine rings is 2. The van der Waals surface area contributed by atoms with Crippen LogP contribution in [-0.4, -0.2) is 58.5 Å². The molecule has 0 N–H and O–H groups in total. The summed E-state index contributed by atoms with van der Waals surface area (Å²) in [4.78, 5) is 25.4. The molecule has 0 spiro atoms. The second kappa shape index (κ2) is 18.8. The molecular formula is C27H37Cl3N4O2. The first-order valence-corrected chi connectivity index (χ1v) is 11.7. The van der Waals surface area contributed by atoms with E-state index in [1.54, 1.807) is 6.20 Å². The summed E-state index contributed by atoms with van der Waals surface area (Å²) in [6.07, 6.45) is 9.21. The van der Waals surface area contributed by atoms with Crippen LogP contribution in [-0.2, 0) is 13.0 Å². The van der Waals surface area contributed by atoms with Crippen molar-refractivity contribution in [3.63, 3.8) is 0 Å². The summed E-state index contributed by atoms with van der Waals surface area (Å²) >= 11 is 0. The van der Waals surface area contributed by atoms with Gasteiger partial charge in [-0.2, -0.15) is 0 Å². The van der Waals surface area contributed by atoms with Crippen molar-refractivity contribution in [3.8, 4) is 5.75 Å². The summed E-state index contributed by atoms with van der Waals surface area (Å²) in [5.74, 6) is 0.678. The minimum Gasteiger partial charge on any atom is -0.493 e. The van der Waals surface area contributed by atoms with E-state index in [0.29, 0.717) is 31.0 Å². The van der Waals surface area contributed by atoms with Gasteiger partial charge in [-0.25, -0.2) is 0 Å². The van der Waals surface area contributed by atoms with Crippen LogP contribution < -0.4 is 4.74 Å². The summed E-state index contributed by atoms with van der Waals surface area (Å²) in [5.41, 5.74) is 3.11. The number of benzene rings is 1. The van der Waals surface area contributed by atoms with Gasteiger partial charge in [0.1, 0.15) is 5.75 Å². The van der Waals surface area contributed by atoms with Gasteiger partial charge in [-0.1, -0.05) is 18.2 Å². The molecule has 3 aromatic rings. The number of hydrogen-bond donors (Lipinski definition) is 0. The van der Waals surface area contributed by atoms with Gasteiger partial charge in [0.15, 0.2) is 0 Å². The van der Waals surface area contributed by atoms with Crippen LogP contribution in [0.1, 0.15) is 41.8 Å². The zero-order valence-electron chi connectivity index (χ0n) is 20.9. The Labute approximate surface area is 233 Å². The Morgan fingerprint density at radius 1 is 0.833 bits per heavy atom. The first-order chi connectivity index (χ1) is 16.2. The number of halogens is 3. The van der Waals surface area contributed by atoms with Crippen LogP contribution in [0.5, 0.6) is 5.75 Å². The fourth-order valence-electron chi connectivity index (χ4n) is 3.77. The number of carbonyl (C=O) groups excluding carboxylic acids is 1. The minimum absolute atomic E-state index is 0. The van der Waals surface area contributed by atoms with E-state index in [9.17, 15) is 4.79 Å². The SMILES string of the molecule is CCN(CC)C(=O)c1ccccc1OCCCN(CCc1cccnc1)Cc1ccncc1.Cl.Cl.Cl. The maximum Gasteiger partial charge on any atom is 0.257 e. The Balaban J connectivity index is 0.00000408. The Morgan fingerprint density at radius 2 is 1.56 bits per heavy atom. The summed E-state index contributed by atoms with van der Waals surface area (Å²) in [6, 6.07) is 15.7. The number of rotatable bonds is 13. The third kappa shape index (κ3) is 10.7. The van der Waals surface area contributed by atoms with Crippen molar-refractivity contribution in [1.29, 1.82) is 0 Å². The first kappa shape index (κ1) is 33.6. The van der Waals surface area contributed by atoms with Gasteiger partial charge in [-0.3, -0.25) is 19.7 Å². The number of amides is 1. The smallest absolute Gasteiger partial charge is 0.257 e. The van der Waals surface area contributed by atoms with E-state index >= 15 is 0 Å². The Kier molecular flexibility index (Phi) is 17.6. The van der Waals surface area contributed by atoms with Gasteiger partial charge >= 0.3 is 0 Å². The molecule has 6 nitrogen and oxygen atoms in total. The molecule has 0 aliphatic carbocycles. The van der Waals surface area contributed by atoms with E-state index in [1.807, 2.05) is 67.7 Å². The molecule has 0 saturated carbocycles. The van der Waals surface area contributed by atoms with Gasteiger partial charge < -0.3 is 9.64 Å². The molecule has 0 unspecified atom stereocenters. The second-order valence-electron chi connectivity index (χ2n) is 7.92. The number of nitrogens with zero attached hydrogens (tertiary/aromatic N) is 4. The largest absolute Gasteiger partial charge is 0.493 e. The predicted octanol–water partition coefficient (Wildman–Crippen LogP) is 5.74. The van der Waals surface area contributed by atoms with Crippen molar-refractivity contribution in [2.75, 3.05) is 32.8 Å². The molecule has 0 aliphatic heterocycles. The van der Waals surface area contributed by atoms with Gasteiger partial charge in [0.25, 0.3) is 5.91 Å². The van der Waals surface area contributed by atoms with E-state index in [4.69, 9.17) is 4.74 Å². The van der Waals surface area contributed by atoms with Gasteiger partial charge in [-0.15, -0.1) is 37.2 Å². The zero-order valence-corrected chi connectivity index (χ0v) is 23.4. The molecule has 2 heterocycles. The third-order valence-electron chi connectivity index (χ3n) is 5.64. The van der Waals surface area contributed by atoms with Crippen molar-refractivity contribution in [2.24, 2.45) is 0 Å². The lowest BCUT2D eigenvalue weighted by Crippen LogP contribution is -2.31. The molecule has 1 amide bonds. The number of aromatic nitrogens is 2. The fraction of sp³-hybridized carbons (Fsp3) is 0.370. The lowest BCUT2D eigenvalue weighted by Gasteiger charge is -2.23. The highest BCUT2D eigenvalue weighted by atomic mass is 35.5. The van der Waals surface area contributed by atoms with E-state index in [2.05, 4.69) is 33.1 Å². The molecular weight excluding hydrogens is 519 g/mol. The van der Waals surface area contributed by atoms with Gasteiger partial charge in [0.05, 0.1) is 12.2 Å². The fourth-order valence-corrected chi connectivity index (χ4v) is 3.77. The summed E-state index contributed by atoms with van der Waals surface area (Å²) in [7, 11) is 0. The van der Waals surface area contributed by atoms with Crippen LogP contribution in [0.25, 0.3) is 0 Å². The highest BCUT2D eigenvalue weighted by Crippen LogP contribution is 2.20. The van der Waals surface area contributed by atoms with Crippen LogP contribution in [0.15, 0.2) is 73.3 Å². The molecule has 0 radical (unpaired) electrons. The first-order valence-electron chi connectivity index (χ1n) is 11.7. The maximum atomic E-state index is 12.8. The number of hydrogen-bond acceptors (Lipinski definition) is 5. The van der Waals surface area contributed by atoms with Crippen molar-refractivity contribution >= 4 is 43.1 Å². The van der Waals surface area contributed by atoms with Gasteiger partial charge in [-0.05, 0) is 68.1 Å². The molecule has 9 heteroatoms. The van der Waals surface area contributed by atoms with E-state index < -0.39 is 0 Å². The number of carbonyl (C=O) groups is 1. The summed E-state index contributed by atoms with van der Waals surface area (Å²) in [6.45, 7) is 8.61. The van der Waals surface area contributed by atoms with Crippen molar-refractivity contribution in [3.05, 3.63) is 90.0 Å². The second-order valence-corrected chi connectivity index (χ2v) is 7.92. The van der Waals surface area contributed by atoms with Crippen LogP contribution >= 0.6 is 37.2 Å². The van der Waals surface area contributed by atoms with Crippen molar-refractivity contribution < 1.29 is 9.53 Å². The molecule has 0 atom stereocenters. The van der Waals surface area contributed by atoms with Crippen LogP contribution in [0.3, 0.4) is 0 Å². The zero-order chi connectivity index (χ0) is 23.3. The molecule has 36 heavy (non-hydrogen) atoms. The minimum atomic E-state index is 0. The molecule has 3 rings (SSSR count). The Bertz CT molecular complexity index is 977. The van der Waals surface area contributed by atoms with E-state index in [1.165, 1.54) is 11.1 Å². The van der Waals surface area contributed by atoms with Crippen LogP contribution in [0.4, 0.5) is 0 Å². The molecule has 2 aromatic heterocycles. The Morgan fingerprint density at radius 3 is 2.22 bits per heavy atom. The van der Waals surface area contributed by atoms with Crippen LogP contribution in [0, 0.1) is 0 Å². The quantitative estimate of drug-likeness (QED) is 0.252. The van der Waals surface area contributed by atoms with E-state index in [-0.39, 0.29) is 43.1 Å². The van der Waals surface area contributed by atoms with Crippen molar-refractivity contribution in [2.45, 2.75) is 33.2 Å². The van der Waals surface area contributed by atoms with Crippen LogP contribution in [0.2, 0.25) is 0 Å². The average Bonchev–Trinajstić information content (AvgIpc) is 2.87. The molecule has 0 aliphatic rings. The maximum absolute atomic E-state index is 12.8. The third-order valence-corrected chi connectivity index (χ3v) is 5.64. The molecule has 0 saturated heterocycles. The topological polar surface area (TPSA) is 58.6 Å². The average molecular weight is 556 g/mol. The Hall–Kier alpha value is -2.38. The highest BCUT2D eigenvalue weighted by Gasteiger charge is 2.17. The lowest BCUT2D eigenvalue weighted by atomic mass is 10.1. The van der Waals surface area contributed by atoms with E-state index in [0.717, 1.165) is 32.5 Å². The van der Waals surface area contributed by atoms with Gasteiger partial charge in [0.2, 0.25) is 0 Å². The molecule has 1 aromatic carbocycles. The monoisotopic (exact) mass is 554 g/mol. The number of para-hydroxylation sites is 1. The summed E-state index contributed by atoms with van der Waals surface area (Å²) < 4.78 is 6.07. The molecule has 0 bridgehead atoms. The standard InChI is InChI=1S/C27H34N4O2.3ClH/c1-3-31(4-2)27(32)25-10-5-6-11-26(25)33-20-8-18-30(22-24-12-16-28-17-13-24)19-14-23-9-7-15-29-21-23;;;/h5-7,9-13,15-17,21H,3-4,8,14,18-20,22H2,1-2H3;3*1H. The van der Waals surface area contributed by atoms with Crippen molar-refractivity contribution in [1.82, 2.24) is 19.8 Å². The summed E-state index contributed by atoms with van der Waals surface area (Å²) in [5, 5.41) is 0.